The zero-order chi connectivity index (χ0) is 19.0. The van der Waals surface area contributed by atoms with Gasteiger partial charge in [-0.3, -0.25) is 4.79 Å². The summed E-state index contributed by atoms with van der Waals surface area (Å²) in [5, 5.41) is 0.646. The second kappa shape index (κ2) is 7.35. The summed E-state index contributed by atoms with van der Waals surface area (Å²) in [7, 11) is 0. The lowest BCUT2D eigenvalue weighted by atomic mass is 10.1. The zero-order valence-electron chi connectivity index (χ0n) is 15.7. The molecule has 0 radical (unpaired) electrons. The minimum atomic E-state index is 0.0936. The van der Waals surface area contributed by atoms with Gasteiger partial charge in [-0.25, -0.2) is 4.98 Å². The maximum atomic E-state index is 12.7. The van der Waals surface area contributed by atoms with Crippen LogP contribution in [0.1, 0.15) is 38.4 Å². The van der Waals surface area contributed by atoms with Crippen molar-refractivity contribution in [3.63, 3.8) is 0 Å². The molecular formula is C22H24ClN3O. The molecule has 2 heterocycles. The number of hydrogen-bond acceptors (Lipinski definition) is 2. The van der Waals surface area contributed by atoms with Crippen molar-refractivity contribution in [2.75, 3.05) is 11.4 Å². The van der Waals surface area contributed by atoms with E-state index in [4.69, 9.17) is 16.6 Å². The van der Waals surface area contributed by atoms with Crippen molar-refractivity contribution in [3.05, 3.63) is 59.4 Å². The molecular weight excluding hydrogens is 358 g/mol. The summed E-state index contributed by atoms with van der Waals surface area (Å²) in [6, 6.07) is 15.7. The molecule has 1 aliphatic heterocycles. The van der Waals surface area contributed by atoms with Gasteiger partial charge < -0.3 is 9.47 Å². The van der Waals surface area contributed by atoms with Gasteiger partial charge in [0.2, 0.25) is 5.91 Å². The van der Waals surface area contributed by atoms with Gasteiger partial charge in [0.05, 0.1) is 11.0 Å². The van der Waals surface area contributed by atoms with Crippen LogP contribution in [0.5, 0.6) is 0 Å². The number of benzene rings is 2. The van der Waals surface area contributed by atoms with Crippen LogP contribution in [0.15, 0.2) is 48.5 Å². The first-order chi connectivity index (χ1) is 13.0. The van der Waals surface area contributed by atoms with Crippen LogP contribution in [-0.2, 0) is 11.3 Å². The van der Waals surface area contributed by atoms with Crippen molar-refractivity contribution < 1.29 is 4.79 Å². The summed E-state index contributed by atoms with van der Waals surface area (Å²) in [4.78, 5) is 19.5. The second-order valence-electron chi connectivity index (χ2n) is 7.68. The third kappa shape index (κ3) is 3.59. The summed E-state index contributed by atoms with van der Waals surface area (Å²) in [6.45, 7) is 6.04. The highest BCUT2D eigenvalue weighted by molar-refractivity contribution is 6.30. The number of aryl methyl sites for hydroxylation is 1. The average molecular weight is 382 g/mol. The van der Waals surface area contributed by atoms with Crippen molar-refractivity contribution in [2.45, 2.75) is 39.2 Å². The van der Waals surface area contributed by atoms with E-state index < -0.39 is 0 Å². The number of fused-ring (bicyclic) bond motifs is 1. The number of para-hydroxylation sites is 2. The van der Waals surface area contributed by atoms with Gasteiger partial charge in [-0.15, -0.1) is 0 Å². The first kappa shape index (κ1) is 18.1. The molecule has 4 rings (SSSR count). The van der Waals surface area contributed by atoms with E-state index in [9.17, 15) is 4.79 Å². The van der Waals surface area contributed by atoms with E-state index in [0.29, 0.717) is 23.9 Å². The molecule has 1 aliphatic rings. The Balaban J connectivity index is 1.68. The van der Waals surface area contributed by atoms with Crippen LogP contribution in [-0.4, -0.2) is 22.0 Å². The van der Waals surface area contributed by atoms with Crippen molar-refractivity contribution in [1.29, 1.82) is 0 Å². The van der Waals surface area contributed by atoms with Crippen LogP contribution in [0.3, 0.4) is 0 Å². The standard InChI is InChI=1S/C22H24ClN3O/c1-15(2)10-11-25-20-9-4-3-8-19(20)24-22(25)16-12-21(27)26(14-16)18-7-5-6-17(23)13-18/h3-9,13,15-16H,10-12,14H2,1-2H3/t16-/m0/s1. The Kier molecular flexibility index (Phi) is 4.92. The number of nitrogens with zero attached hydrogens (tertiary/aromatic N) is 3. The van der Waals surface area contributed by atoms with Gasteiger partial charge in [0.1, 0.15) is 5.82 Å². The Morgan fingerprint density at radius 2 is 2.00 bits per heavy atom. The topological polar surface area (TPSA) is 38.1 Å². The quantitative estimate of drug-likeness (QED) is 0.604. The molecule has 0 saturated carbocycles. The number of carbonyl (C=O) groups is 1. The lowest BCUT2D eigenvalue weighted by Crippen LogP contribution is -2.24. The molecule has 0 aliphatic carbocycles. The Hall–Kier alpha value is -2.33. The number of aromatic nitrogens is 2. The van der Waals surface area contributed by atoms with Gasteiger partial charge >= 0.3 is 0 Å². The molecule has 1 fully saturated rings. The van der Waals surface area contributed by atoms with Gasteiger partial charge in [-0.05, 0) is 42.7 Å². The first-order valence-electron chi connectivity index (χ1n) is 9.54. The van der Waals surface area contributed by atoms with Crippen molar-refractivity contribution in [1.82, 2.24) is 9.55 Å². The van der Waals surface area contributed by atoms with Gasteiger partial charge in [0.15, 0.2) is 0 Å². The highest BCUT2D eigenvalue weighted by Gasteiger charge is 2.34. The molecule has 1 saturated heterocycles. The summed E-state index contributed by atoms with van der Waals surface area (Å²) in [5.41, 5.74) is 3.02. The van der Waals surface area contributed by atoms with Crippen molar-refractivity contribution in [2.24, 2.45) is 5.92 Å². The predicted molar refractivity (Wildman–Crippen MR) is 110 cm³/mol. The van der Waals surface area contributed by atoms with Crippen LogP contribution in [0.2, 0.25) is 5.02 Å². The largest absolute Gasteiger partial charge is 0.328 e. The van der Waals surface area contributed by atoms with E-state index in [1.54, 1.807) is 0 Å². The number of carbonyl (C=O) groups excluding carboxylic acids is 1. The maximum absolute atomic E-state index is 12.7. The molecule has 5 heteroatoms. The summed E-state index contributed by atoms with van der Waals surface area (Å²) in [5.74, 6) is 1.86. The molecule has 0 bridgehead atoms. The normalized spacial score (nSPS) is 17.4. The summed E-state index contributed by atoms with van der Waals surface area (Å²) < 4.78 is 2.31. The van der Waals surface area contributed by atoms with E-state index in [2.05, 4.69) is 36.6 Å². The number of hydrogen-bond donors (Lipinski definition) is 0. The predicted octanol–water partition coefficient (Wildman–Crippen LogP) is 5.26. The Morgan fingerprint density at radius 1 is 1.19 bits per heavy atom. The summed E-state index contributed by atoms with van der Waals surface area (Å²) >= 11 is 6.12. The first-order valence-corrected chi connectivity index (χ1v) is 9.92. The van der Waals surface area contributed by atoms with Crippen LogP contribution in [0.4, 0.5) is 5.69 Å². The molecule has 3 aromatic rings. The zero-order valence-corrected chi connectivity index (χ0v) is 16.5. The van der Waals surface area contributed by atoms with E-state index in [1.807, 2.05) is 35.2 Å². The number of anilines is 1. The maximum Gasteiger partial charge on any atom is 0.227 e. The molecule has 140 valence electrons. The van der Waals surface area contributed by atoms with Gasteiger partial charge in [-0.1, -0.05) is 43.6 Å². The van der Waals surface area contributed by atoms with E-state index in [0.717, 1.165) is 35.5 Å². The molecule has 0 spiro atoms. The lowest BCUT2D eigenvalue weighted by Gasteiger charge is -2.18. The van der Waals surface area contributed by atoms with E-state index in [-0.39, 0.29) is 11.8 Å². The fourth-order valence-electron chi connectivity index (χ4n) is 3.80. The fraction of sp³-hybridized carbons (Fsp3) is 0.364. The number of halogens is 1. The molecule has 2 aromatic carbocycles. The monoisotopic (exact) mass is 381 g/mol. The summed E-state index contributed by atoms with van der Waals surface area (Å²) in [6.07, 6.45) is 1.57. The number of amides is 1. The third-order valence-electron chi connectivity index (χ3n) is 5.22. The molecule has 1 amide bonds. The highest BCUT2D eigenvalue weighted by Crippen LogP contribution is 2.34. The minimum Gasteiger partial charge on any atom is -0.328 e. The van der Waals surface area contributed by atoms with Crippen molar-refractivity contribution in [3.8, 4) is 0 Å². The number of imidazole rings is 1. The molecule has 27 heavy (non-hydrogen) atoms. The Morgan fingerprint density at radius 3 is 2.78 bits per heavy atom. The second-order valence-corrected chi connectivity index (χ2v) is 8.11. The van der Waals surface area contributed by atoms with Crippen LogP contribution >= 0.6 is 11.6 Å². The van der Waals surface area contributed by atoms with Crippen LogP contribution in [0.25, 0.3) is 11.0 Å². The molecule has 0 N–H and O–H groups in total. The smallest absolute Gasteiger partial charge is 0.227 e. The van der Waals surface area contributed by atoms with Gasteiger partial charge in [0.25, 0.3) is 0 Å². The van der Waals surface area contributed by atoms with Gasteiger partial charge in [-0.2, -0.15) is 0 Å². The van der Waals surface area contributed by atoms with Gasteiger partial charge in [0, 0.05) is 36.1 Å². The minimum absolute atomic E-state index is 0.0936. The Bertz CT molecular complexity index is 979. The number of rotatable bonds is 5. The molecule has 4 nitrogen and oxygen atoms in total. The van der Waals surface area contributed by atoms with Crippen LogP contribution < -0.4 is 4.90 Å². The third-order valence-corrected chi connectivity index (χ3v) is 5.46. The highest BCUT2D eigenvalue weighted by atomic mass is 35.5. The van der Waals surface area contributed by atoms with E-state index >= 15 is 0 Å². The molecule has 1 aromatic heterocycles. The SMILES string of the molecule is CC(C)CCn1c([C@H]2CC(=O)N(c3cccc(Cl)c3)C2)nc2ccccc21. The molecule has 0 unspecified atom stereocenters. The average Bonchev–Trinajstić information content (AvgIpc) is 3.20. The van der Waals surface area contributed by atoms with Crippen LogP contribution in [0, 0.1) is 5.92 Å². The molecule has 1 atom stereocenters. The Labute approximate surface area is 164 Å². The van der Waals surface area contributed by atoms with Crippen molar-refractivity contribution >= 4 is 34.2 Å². The fourth-order valence-corrected chi connectivity index (χ4v) is 3.99. The van der Waals surface area contributed by atoms with E-state index in [1.165, 1.54) is 0 Å². The lowest BCUT2D eigenvalue weighted by molar-refractivity contribution is -0.117.